The fourth-order valence-corrected chi connectivity index (χ4v) is 2.99. The third-order valence-corrected chi connectivity index (χ3v) is 4.26. The summed E-state index contributed by atoms with van der Waals surface area (Å²) in [6.07, 6.45) is 2.11. The zero-order valence-corrected chi connectivity index (χ0v) is 11.0. The number of hydrogen-bond donors (Lipinski definition) is 1. The van der Waals surface area contributed by atoms with E-state index in [1.54, 1.807) is 18.4 Å². The smallest absolute Gasteiger partial charge is 0.0590 e. The maximum atomic E-state index is 6.23. The van der Waals surface area contributed by atoms with Crippen LogP contribution in [0.2, 0.25) is 5.02 Å². The SMILES string of the molecule is CNC(CCCOC)c1scc(C)c1Cl. The van der Waals surface area contributed by atoms with Gasteiger partial charge < -0.3 is 10.1 Å². The first-order valence-electron chi connectivity index (χ1n) is 5.10. The van der Waals surface area contributed by atoms with Gasteiger partial charge in [0.25, 0.3) is 0 Å². The number of hydrogen-bond acceptors (Lipinski definition) is 3. The molecule has 86 valence electrons. The van der Waals surface area contributed by atoms with E-state index < -0.39 is 0 Å². The van der Waals surface area contributed by atoms with Gasteiger partial charge in [-0.05, 0) is 37.8 Å². The van der Waals surface area contributed by atoms with Gasteiger partial charge in [-0.2, -0.15) is 0 Å². The Morgan fingerprint density at radius 2 is 2.33 bits per heavy atom. The van der Waals surface area contributed by atoms with E-state index in [0.717, 1.165) is 24.5 Å². The molecule has 0 fully saturated rings. The summed E-state index contributed by atoms with van der Waals surface area (Å²) in [6, 6.07) is 0.353. The van der Waals surface area contributed by atoms with E-state index in [0.29, 0.717) is 6.04 Å². The second kappa shape index (κ2) is 6.48. The summed E-state index contributed by atoms with van der Waals surface area (Å²) < 4.78 is 5.05. The number of aryl methyl sites for hydroxylation is 1. The lowest BCUT2D eigenvalue weighted by molar-refractivity contribution is 0.189. The van der Waals surface area contributed by atoms with Gasteiger partial charge in [-0.3, -0.25) is 0 Å². The first-order valence-corrected chi connectivity index (χ1v) is 6.36. The van der Waals surface area contributed by atoms with Gasteiger partial charge in [-0.1, -0.05) is 11.6 Å². The normalized spacial score (nSPS) is 13.1. The fourth-order valence-electron chi connectivity index (χ4n) is 1.52. The summed E-state index contributed by atoms with van der Waals surface area (Å²) >= 11 is 7.97. The van der Waals surface area contributed by atoms with E-state index in [2.05, 4.69) is 10.7 Å². The third kappa shape index (κ3) is 3.45. The summed E-state index contributed by atoms with van der Waals surface area (Å²) in [5.74, 6) is 0. The van der Waals surface area contributed by atoms with Crippen molar-refractivity contribution in [3.63, 3.8) is 0 Å². The summed E-state index contributed by atoms with van der Waals surface area (Å²) in [6.45, 7) is 2.85. The molecule has 0 saturated carbocycles. The maximum Gasteiger partial charge on any atom is 0.0590 e. The predicted molar refractivity (Wildman–Crippen MR) is 67.0 cm³/mol. The van der Waals surface area contributed by atoms with E-state index in [1.165, 1.54) is 10.4 Å². The molecule has 1 heterocycles. The minimum absolute atomic E-state index is 0.353. The lowest BCUT2D eigenvalue weighted by Gasteiger charge is -2.14. The monoisotopic (exact) mass is 247 g/mol. The molecular formula is C11H18ClNOS. The molecule has 0 aromatic carbocycles. The molecule has 1 atom stereocenters. The average molecular weight is 248 g/mol. The topological polar surface area (TPSA) is 21.3 Å². The largest absolute Gasteiger partial charge is 0.385 e. The van der Waals surface area contributed by atoms with Gasteiger partial charge in [-0.15, -0.1) is 11.3 Å². The standard InChI is InChI=1S/C11H18ClNOS/c1-8-7-15-11(10(8)12)9(13-2)5-4-6-14-3/h7,9,13H,4-6H2,1-3H3. The number of nitrogens with one attached hydrogen (secondary N) is 1. The van der Waals surface area contributed by atoms with Crippen molar-refractivity contribution in [1.82, 2.24) is 5.32 Å². The lowest BCUT2D eigenvalue weighted by atomic mass is 10.1. The minimum Gasteiger partial charge on any atom is -0.385 e. The summed E-state index contributed by atoms with van der Waals surface area (Å²) in [5.41, 5.74) is 1.17. The van der Waals surface area contributed by atoms with Crippen molar-refractivity contribution in [2.45, 2.75) is 25.8 Å². The van der Waals surface area contributed by atoms with Crippen molar-refractivity contribution >= 4 is 22.9 Å². The van der Waals surface area contributed by atoms with Crippen LogP contribution in [0.4, 0.5) is 0 Å². The Kier molecular flexibility index (Phi) is 5.61. The van der Waals surface area contributed by atoms with E-state index in [-0.39, 0.29) is 0 Å². The molecule has 0 spiro atoms. The number of rotatable bonds is 6. The van der Waals surface area contributed by atoms with Gasteiger partial charge in [0.2, 0.25) is 0 Å². The Bertz CT molecular complexity index is 301. The zero-order chi connectivity index (χ0) is 11.3. The van der Waals surface area contributed by atoms with Crippen LogP contribution in [0.15, 0.2) is 5.38 Å². The van der Waals surface area contributed by atoms with Gasteiger partial charge >= 0.3 is 0 Å². The van der Waals surface area contributed by atoms with Crippen molar-refractivity contribution in [2.75, 3.05) is 20.8 Å². The van der Waals surface area contributed by atoms with Crippen LogP contribution in [0.25, 0.3) is 0 Å². The van der Waals surface area contributed by atoms with Crippen LogP contribution in [0.3, 0.4) is 0 Å². The van der Waals surface area contributed by atoms with Crippen LogP contribution in [-0.4, -0.2) is 20.8 Å². The molecule has 0 saturated heterocycles. The Morgan fingerprint density at radius 1 is 1.60 bits per heavy atom. The molecule has 4 heteroatoms. The van der Waals surface area contributed by atoms with Crippen LogP contribution >= 0.6 is 22.9 Å². The Labute approximate surface area is 101 Å². The highest BCUT2D eigenvalue weighted by Crippen LogP contribution is 2.34. The molecule has 15 heavy (non-hydrogen) atoms. The summed E-state index contributed by atoms with van der Waals surface area (Å²) in [4.78, 5) is 1.24. The van der Waals surface area contributed by atoms with Gasteiger partial charge in [-0.25, -0.2) is 0 Å². The predicted octanol–water partition coefficient (Wildman–Crippen LogP) is 3.40. The first-order chi connectivity index (χ1) is 7.20. The highest BCUT2D eigenvalue weighted by Gasteiger charge is 2.15. The second-order valence-corrected chi connectivity index (χ2v) is 4.86. The molecule has 2 nitrogen and oxygen atoms in total. The lowest BCUT2D eigenvalue weighted by Crippen LogP contribution is -2.16. The van der Waals surface area contributed by atoms with E-state index >= 15 is 0 Å². The van der Waals surface area contributed by atoms with E-state index in [9.17, 15) is 0 Å². The molecule has 1 aromatic heterocycles. The number of thiophene rings is 1. The van der Waals surface area contributed by atoms with Gasteiger partial charge in [0.1, 0.15) is 0 Å². The van der Waals surface area contributed by atoms with E-state index in [4.69, 9.17) is 16.3 Å². The van der Waals surface area contributed by atoms with Crippen LogP contribution in [-0.2, 0) is 4.74 Å². The van der Waals surface area contributed by atoms with Crippen molar-refractivity contribution in [3.8, 4) is 0 Å². The molecule has 0 radical (unpaired) electrons. The van der Waals surface area contributed by atoms with Crippen molar-refractivity contribution < 1.29 is 4.74 Å². The van der Waals surface area contributed by atoms with Crippen LogP contribution in [0.1, 0.15) is 29.3 Å². The molecule has 0 amide bonds. The minimum atomic E-state index is 0.353. The molecule has 0 aliphatic carbocycles. The van der Waals surface area contributed by atoms with Crippen molar-refractivity contribution in [2.24, 2.45) is 0 Å². The highest BCUT2D eigenvalue weighted by atomic mass is 35.5. The summed E-state index contributed by atoms with van der Waals surface area (Å²) in [5, 5.41) is 6.32. The third-order valence-electron chi connectivity index (χ3n) is 2.43. The molecule has 1 unspecified atom stereocenters. The molecule has 1 rings (SSSR count). The molecule has 0 aliphatic heterocycles. The molecule has 0 aliphatic rings. The molecule has 0 bridgehead atoms. The maximum absolute atomic E-state index is 6.23. The number of halogens is 1. The molecular weight excluding hydrogens is 230 g/mol. The van der Waals surface area contributed by atoms with Crippen molar-refractivity contribution in [3.05, 3.63) is 20.8 Å². The number of methoxy groups -OCH3 is 1. The fraction of sp³-hybridized carbons (Fsp3) is 0.636. The summed E-state index contributed by atoms with van der Waals surface area (Å²) in [7, 11) is 3.71. The van der Waals surface area contributed by atoms with Gasteiger partial charge in [0, 0.05) is 24.6 Å². The van der Waals surface area contributed by atoms with Crippen LogP contribution in [0.5, 0.6) is 0 Å². The zero-order valence-electron chi connectivity index (χ0n) is 9.47. The van der Waals surface area contributed by atoms with Gasteiger partial charge in [0.15, 0.2) is 0 Å². The first kappa shape index (κ1) is 13.0. The quantitative estimate of drug-likeness (QED) is 0.778. The second-order valence-electron chi connectivity index (χ2n) is 3.57. The molecule has 1 aromatic rings. The highest BCUT2D eigenvalue weighted by molar-refractivity contribution is 7.10. The van der Waals surface area contributed by atoms with E-state index in [1.807, 2.05) is 14.0 Å². The number of ether oxygens (including phenoxy) is 1. The average Bonchev–Trinajstić information content (AvgIpc) is 2.56. The Hall–Kier alpha value is -0.0900. The Morgan fingerprint density at radius 3 is 2.80 bits per heavy atom. The van der Waals surface area contributed by atoms with Crippen LogP contribution < -0.4 is 5.32 Å². The van der Waals surface area contributed by atoms with Gasteiger partial charge in [0.05, 0.1) is 5.02 Å². The van der Waals surface area contributed by atoms with Crippen LogP contribution in [0, 0.1) is 6.92 Å². The molecule has 1 N–H and O–H groups in total. The van der Waals surface area contributed by atoms with Crippen molar-refractivity contribution in [1.29, 1.82) is 0 Å². The Balaban J connectivity index is 2.61.